The minimum absolute atomic E-state index is 0.0353. The monoisotopic (exact) mass is 434 g/mol. The van der Waals surface area contributed by atoms with E-state index in [9.17, 15) is 9.59 Å². The maximum absolute atomic E-state index is 13.2. The number of rotatable bonds is 8. The van der Waals surface area contributed by atoms with E-state index in [1.807, 2.05) is 72.1 Å². The van der Waals surface area contributed by atoms with Gasteiger partial charge in [-0.15, -0.1) is 11.3 Å². The van der Waals surface area contributed by atoms with Crippen LogP contribution in [0.5, 0.6) is 0 Å². The van der Waals surface area contributed by atoms with Crippen molar-refractivity contribution in [2.45, 2.75) is 31.9 Å². The Hall–Kier alpha value is -2.96. The average molecular weight is 435 g/mol. The molecule has 0 bridgehead atoms. The second kappa shape index (κ2) is 10.4. The van der Waals surface area contributed by atoms with Crippen LogP contribution in [-0.4, -0.2) is 31.1 Å². The quantitative estimate of drug-likeness (QED) is 0.571. The van der Waals surface area contributed by atoms with E-state index in [1.54, 1.807) is 4.90 Å². The molecule has 1 saturated heterocycles. The zero-order valence-electron chi connectivity index (χ0n) is 17.3. The summed E-state index contributed by atoms with van der Waals surface area (Å²) in [5, 5.41) is 4.87. The number of hydrogen-bond donors (Lipinski definition) is 1. The lowest BCUT2D eigenvalue weighted by Gasteiger charge is -2.23. The van der Waals surface area contributed by atoms with E-state index in [-0.39, 0.29) is 24.3 Å². The number of carbonyl (C=O) groups is 2. The minimum atomic E-state index is -0.0427. The van der Waals surface area contributed by atoms with Crippen LogP contribution in [0.2, 0.25) is 0 Å². The van der Waals surface area contributed by atoms with Crippen molar-refractivity contribution >= 4 is 28.8 Å². The van der Waals surface area contributed by atoms with Gasteiger partial charge in [0.05, 0.1) is 23.9 Å². The van der Waals surface area contributed by atoms with Gasteiger partial charge < -0.3 is 15.0 Å². The van der Waals surface area contributed by atoms with Crippen molar-refractivity contribution in [2.75, 3.05) is 18.1 Å². The summed E-state index contributed by atoms with van der Waals surface area (Å²) in [6, 6.07) is 21.3. The van der Waals surface area contributed by atoms with Crippen LogP contribution in [0.3, 0.4) is 0 Å². The first-order valence-electron chi connectivity index (χ1n) is 10.6. The summed E-state index contributed by atoms with van der Waals surface area (Å²) in [5.41, 5.74) is 2.71. The van der Waals surface area contributed by atoms with E-state index < -0.39 is 0 Å². The average Bonchev–Trinajstić information content (AvgIpc) is 3.51. The molecule has 31 heavy (non-hydrogen) atoms. The highest BCUT2D eigenvalue weighted by Gasteiger charge is 2.20. The SMILES string of the molecule is O=C(Cc1cccc(N(Cc2ccccc2)C(=O)c2cccs2)c1)NC[C@H]1CCCO1. The van der Waals surface area contributed by atoms with Crippen molar-refractivity contribution in [1.29, 1.82) is 0 Å². The molecule has 0 radical (unpaired) electrons. The molecule has 1 aliphatic heterocycles. The molecule has 1 aromatic heterocycles. The molecule has 160 valence electrons. The molecule has 5 nitrogen and oxygen atoms in total. The van der Waals surface area contributed by atoms with Crippen molar-refractivity contribution in [3.05, 3.63) is 88.1 Å². The molecule has 4 rings (SSSR count). The molecule has 2 heterocycles. The summed E-state index contributed by atoms with van der Waals surface area (Å²) in [7, 11) is 0. The van der Waals surface area contributed by atoms with Crippen LogP contribution in [-0.2, 0) is 22.5 Å². The highest BCUT2D eigenvalue weighted by atomic mass is 32.1. The highest BCUT2D eigenvalue weighted by molar-refractivity contribution is 7.12. The number of hydrogen-bond acceptors (Lipinski definition) is 4. The number of nitrogens with one attached hydrogen (secondary N) is 1. The first kappa shape index (κ1) is 21.3. The van der Waals surface area contributed by atoms with Crippen LogP contribution in [0.1, 0.15) is 33.6 Å². The van der Waals surface area contributed by atoms with Crippen LogP contribution in [0.15, 0.2) is 72.1 Å². The Labute approximate surface area is 186 Å². The largest absolute Gasteiger partial charge is 0.376 e. The molecule has 1 fully saturated rings. The van der Waals surface area contributed by atoms with Gasteiger partial charge in [-0.05, 0) is 47.5 Å². The smallest absolute Gasteiger partial charge is 0.268 e. The van der Waals surface area contributed by atoms with E-state index in [0.29, 0.717) is 18.0 Å². The van der Waals surface area contributed by atoms with Crippen molar-refractivity contribution in [3.8, 4) is 0 Å². The van der Waals surface area contributed by atoms with Gasteiger partial charge >= 0.3 is 0 Å². The summed E-state index contributed by atoms with van der Waals surface area (Å²) in [6.07, 6.45) is 2.44. The summed E-state index contributed by atoms with van der Waals surface area (Å²) < 4.78 is 5.56. The molecule has 2 amide bonds. The number of amides is 2. The lowest BCUT2D eigenvalue weighted by atomic mass is 10.1. The summed E-state index contributed by atoms with van der Waals surface area (Å²) in [4.78, 5) is 28.1. The summed E-state index contributed by atoms with van der Waals surface area (Å²) in [6.45, 7) is 1.79. The Kier molecular flexibility index (Phi) is 7.12. The van der Waals surface area contributed by atoms with Crippen molar-refractivity contribution < 1.29 is 14.3 Å². The number of ether oxygens (including phenoxy) is 1. The Morgan fingerprint density at radius 3 is 2.61 bits per heavy atom. The Bertz CT molecular complexity index is 999. The van der Waals surface area contributed by atoms with E-state index in [2.05, 4.69) is 5.32 Å². The van der Waals surface area contributed by atoms with E-state index >= 15 is 0 Å². The third kappa shape index (κ3) is 5.81. The fourth-order valence-electron chi connectivity index (χ4n) is 3.69. The number of thiophene rings is 1. The maximum Gasteiger partial charge on any atom is 0.268 e. The van der Waals surface area contributed by atoms with Gasteiger partial charge in [0.2, 0.25) is 5.91 Å². The van der Waals surface area contributed by atoms with Crippen LogP contribution in [0.25, 0.3) is 0 Å². The topological polar surface area (TPSA) is 58.6 Å². The zero-order chi connectivity index (χ0) is 21.5. The fourth-order valence-corrected chi connectivity index (χ4v) is 4.37. The molecule has 0 spiro atoms. The Balaban J connectivity index is 1.49. The number of carbonyl (C=O) groups excluding carboxylic acids is 2. The lowest BCUT2D eigenvalue weighted by Crippen LogP contribution is -2.33. The van der Waals surface area contributed by atoms with Gasteiger partial charge in [0.1, 0.15) is 0 Å². The molecule has 1 N–H and O–H groups in total. The van der Waals surface area contributed by atoms with Gasteiger partial charge in [-0.3, -0.25) is 9.59 Å². The van der Waals surface area contributed by atoms with Crippen LogP contribution in [0, 0.1) is 0 Å². The molecule has 1 atom stereocenters. The van der Waals surface area contributed by atoms with Crippen molar-refractivity contribution in [2.24, 2.45) is 0 Å². The fraction of sp³-hybridized carbons (Fsp3) is 0.280. The van der Waals surface area contributed by atoms with Crippen LogP contribution in [0.4, 0.5) is 5.69 Å². The number of anilines is 1. The zero-order valence-corrected chi connectivity index (χ0v) is 18.1. The van der Waals surface area contributed by atoms with Gasteiger partial charge in [0.15, 0.2) is 0 Å². The third-order valence-electron chi connectivity index (χ3n) is 5.30. The van der Waals surface area contributed by atoms with Crippen molar-refractivity contribution in [3.63, 3.8) is 0 Å². The van der Waals surface area contributed by atoms with E-state index in [1.165, 1.54) is 11.3 Å². The lowest BCUT2D eigenvalue weighted by molar-refractivity contribution is -0.120. The second-order valence-corrected chi connectivity index (χ2v) is 8.59. The molecular formula is C25H26N2O3S. The predicted molar refractivity (Wildman–Crippen MR) is 123 cm³/mol. The summed E-state index contributed by atoms with van der Waals surface area (Å²) in [5.74, 6) is -0.0781. The van der Waals surface area contributed by atoms with Gasteiger partial charge in [-0.1, -0.05) is 48.5 Å². The highest BCUT2D eigenvalue weighted by Crippen LogP contribution is 2.23. The Morgan fingerprint density at radius 2 is 1.87 bits per heavy atom. The molecule has 0 saturated carbocycles. The normalized spacial score (nSPS) is 15.5. The van der Waals surface area contributed by atoms with E-state index in [0.717, 1.165) is 36.3 Å². The summed E-state index contributed by atoms with van der Waals surface area (Å²) >= 11 is 1.43. The van der Waals surface area contributed by atoms with Gasteiger partial charge in [-0.25, -0.2) is 0 Å². The van der Waals surface area contributed by atoms with Crippen LogP contribution < -0.4 is 10.2 Å². The third-order valence-corrected chi connectivity index (χ3v) is 6.16. The molecule has 3 aromatic rings. The molecule has 6 heteroatoms. The van der Waals surface area contributed by atoms with E-state index in [4.69, 9.17) is 4.74 Å². The first-order chi connectivity index (χ1) is 15.2. The molecule has 1 aliphatic rings. The number of nitrogens with zero attached hydrogens (tertiary/aromatic N) is 1. The molecular weight excluding hydrogens is 408 g/mol. The number of benzene rings is 2. The predicted octanol–water partition coefficient (Wildman–Crippen LogP) is 4.43. The van der Waals surface area contributed by atoms with Gasteiger partial charge in [0.25, 0.3) is 5.91 Å². The Morgan fingerprint density at radius 1 is 1.03 bits per heavy atom. The first-order valence-corrected chi connectivity index (χ1v) is 11.4. The van der Waals surface area contributed by atoms with Crippen molar-refractivity contribution in [1.82, 2.24) is 5.32 Å². The second-order valence-electron chi connectivity index (χ2n) is 7.64. The van der Waals surface area contributed by atoms with Crippen LogP contribution >= 0.6 is 11.3 Å². The standard InChI is InChI=1S/C25H26N2O3S/c28-24(26-17-22-11-5-13-30-22)16-20-9-4-10-21(15-20)27(18-19-7-2-1-3-8-19)25(29)23-12-6-14-31-23/h1-4,6-10,12,14-15,22H,5,11,13,16-18H2,(H,26,28)/t22-/m1/s1. The molecule has 2 aromatic carbocycles. The van der Waals surface area contributed by atoms with Gasteiger partial charge in [-0.2, -0.15) is 0 Å². The minimum Gasteiger partial charge on any atom is -0.376 e. The molecule has 0 unspecified atom stereocenters. The molecule has 0 aliphatic carbocycles. The maximum atomic E-state index is 13.2. The van der Waals surface area contributed by atoms with Gasteiger partial charge in [0, 0.05) is 18.8 Å².